The summed E-state index contributed by atoms with van der Waals surface area (Å²) in [6.07, 6.45) is -1.67. The highest BCUT2D eigenvalue weighted by Gasteiger charge is 2.89. The minimum Gasteiger partial charge on any atom is -0.461 e. The van der Waals surface area contributed by atoms with Crippen LogP contribution in [0.3, 0.4) is 0 Å². The van der Waals surface area contributed by atoms with Crippen molar-refractivity contribution >= 4 is 13.8 Å². The summed E-state index contributed by atoms with van der Waals surface area (Å²) in [6.45, 7) is 6.93. The summed E-state index contributed by atoms with van der Waals surface area (Å²) in [5, 5.41) is 0. The van der Waals surface area contributed by atoms with Crippen LogP contribution in [0.4, 0.5) is 0 Å². The first-order valence-electron chi connectivity index (χ1n) is 10.3. The molecule has 3 aliphatic rings. The van der Waals surface area contributed by atoms with Crippen LogP contribution in [0.15, 0.2) is 21.9 Å². The highest BCUT2D eigenvalue weighted by Crippen LogP contribution is 2.79. The zero-order chi connectivity index (χ0) is 23.5. The van der Waals surface area contributed by atoms with Crippen molar-refractivity contribution in [1.82, 2.24) is 9.55 Å². The molecule has 1 spiro atoms. The van der Waals surface area contributed by atoms with Gasteiger partial charge in [-0.25, -0.2) is 14.2 Å². The molecule has 1 aromatic heterocycles. The van der Waals surface area contributed by atoms with Gasteiger partial charge in [-0.3, -0.25) is 27.9 Å². The van der Waals surface area contributed by atoms with Crippen molar-refractivity contribution in [3.63, 3.8) is 0 Å². The molecule has 13 heteroatoms. The number of aromatic nitrogens is 2. The normalized spacial score (nSPS) is 35.4. The number of phosphoric acid groups is 1. The maximum atomic E-state index is 13.1. The lowest BCUT2D eigenvalue weighted by Crippen LogP contribution is -2.43. The number of carbonyl (C=O) groups excluding carboxylic acids is 1. The molecule has 1 N–H and O–H groups in total. The molecule has 2 aliphatic heterocycles. The topological polar surface area (TPSA) is 144 Å². The third-order valence-corrected chi connectivity index (χ3v) is 7.56. The molecule has 0 bridgehead atoms. The van der Waals surface area contributed by atoms with E-state index in [-0.39, 0.29) is 19.1 Å². The van der Waals surface area contributed by atoms with E-state index in [9.17, 15) is 18.9 Å². The molecule has 1 saturated carbocycles. The molecule has 0 radical (unpaired) electrons. The SMILES string of the molecule is CO[C@@H](CCO[P@]1(=O)OC2[C@H]3O[C@@H](n4ccc(=O)[nH]c4=O)C(C)(C)[C@]23O1)C(=O)OC(C)C. The van der Waals surface area contributed by atoms with E-state index in [0.29, 0.717) is 0 Å². The van der Waals surface area contributed by atoms with Crippen molar-refractivity contribution in [1.29, 1.82) is 0 Å². The Labute approximate surface area is 183 Å². The number of rotatable bonds is 8. The summed E-state index contributed by atoms with van der Waals surface area (Å²) in [5.74, 6) is -0.543. The molecule has 3 heterocycles. The average Bonchev–Trinajstić information content (AvgIpc) is 3.01. The lowest BCUT2D eigenvalue weighted by atomic mass is 9.83. The third-order valence-electron chi connectivity index (χ3n) is 6.05. The maximum absolute atomic E-state index is 13.1. The number of aromatic amines is 1. The summed E-state index contributed by atoms with van der Waals surface area (Å²) in [6, 6.07) is 1.22. The van der Waals surface area contributed by atoms with Gasteiger partial charge in [-0.2, -0.15) is 0 Å². The van der Waals surface area contributed by atoms with Crippen LogP contribution in [-0.2, 0) is 37.1 Å². The van der Waals surface area contributed by atoms with Crippen molar-refractivity contribution in [2.45, 2.75) is 70.4 Å². The van der Waals surface area contributed by atoms with Gasteiger partial charge in [0.25, 0.3) is 5.56 Å². The Morgan fingerprint density at radius 3 is 2.66 bits per heavy atom. The number of carbonyl (C=O) groups is 1. The lowest BCUT2D eigenvalue weighted by molar-refractivity contribution is -0.160. The Balaban J connectivity index is 1.42. The van der Waals surface area contributed by atoms with Crippen molar-refractivity contribution in [2.24, 2.45) is 5.41 Å². The molecule has 3 fully saturated rings. The van der Waals surface area contributed by atoms with E-state index in [2.05, 4.69) is 4.98 Å². The molecule has 1 aliphatic carbocycles. The number of H-pyrrole nitrogens is 1. The number of nitrogens with one attached hydrogen (secondary N) is 1. The first-order chi connectivity index (χ1) is 14.9. The van der Waals surface area contributed by atoms with Crippen LogP contribution in [-0.4, -0.2) is 59.3 Å². The van der Waals surface area contributed by atoms with Gasteiger partial charge in [0, 0.05) is 31.2 Å². The van der Waals surface area contributed by atoms with Crippen molar-refractivity contribution in [3.8, 4) is 0 Å². The number of esters is 1. The molecule has 4 rings (SSSR count). The van der Waals surface area contributed by atoms with E-state index < -0.39 is 60.6 Å². The maximum Gasteiger partial charge on any atom is 0.476 e. The van der Waals surface area contributed by atoms with Crippen LogP contribution in [0.1, 0.15) is 40.3 Å². The fourth-order valence-corrected chi connectivity index (χ4v) is 6.25. The Bertz CT molecular complexity index is 1060. The summed E-state index contributed by atoms with van der Waals surface area (Å²) >= 11 is 0. The fraction of sp³-hybridized carbons (Fsp3) is 0.737. The van der Waals surface area contributed by atoms with E-state index in [1.807, 2.05) is 0 Å². The molecule has 1 unspecified atom stereocenters. The van der Waals surface area contributed by atoms with Crippen LogP contribution >= 0.6 is 7.82 Å². The number of methoxy groups -OCH3 is 1. The summed E-state index contributed by atoms with van der Waals surface area (Å²) in [5.41, 5.74) is -3.05. The molecule has 0 amide bonds. The van der Waals surface area contributed by atoms with Crippen LogP contribution in [0.25, 0.3) is 0 Å². The smallest absolute Gasteiger partial charge is 0.461 e. The third kappa shape index (κ3) is 3.59. The van der Waals surface area contributed by atoms with E-state index in [4.69, 9.17) is 27.8 Å². The molecule has 32 heavy (non-hydrogen) atoms. The molecule has 0 aromatic carbocycles. The highest BCUT2D eigenvalue weighted by atomic mass is 31.2. The minimum absolute atomic E-state index is 0.0924. The van der Waals surface area contributed by atoms with Gasteiger partial charge in [0.1, 0.15) is 24.0 Å². The predicted octanol–water partition coefficient (Wildman–Crippen LogP) is 1.11. The fourth-order valence-electron chi connectivity index (χ4n) is 4.41. The van der Waals surface area contributed by atoms with Crippen molar-refractivity contribution in [3.05, 3.63) is 33.1 Å². The molecular formula is C19H27N2O10P. The van der Waals surface area contributed by atoms with E-state index in [1.165, 1.54) is 23.9 Å². The van der Waals surface area contributed by atoms with Gasteiger partial charge < -0.3 is 14.2 Å². The molecule has 12 nitrogen and oxygen atoms in total. The first kappa shape index (κ1) is 23.3. The van der Waals surface area contributed by atoms with Crippen LogP contribution < -0.4 is 11.2 Å². The quantitative estimate of drug-likeness (QED) is 0.430. The number of hydrogen-bond donors (Lipinski definition) is 1. The number of phosphoric ester groups is 1. The molecular weight excluding hydrogens is 447 g/mol. The Hall–Kier alpha value is -1.82. The van der Waals surface area contributed by atoms with Gasteiger partial charge in [0.15, 0.2) is 6.10 Å². The monoisotopic (exact) mass is 474 g/mol. The Morgan fingerprint density at radius 2 is 2.03 bits per heavy atom. The van der Waals surface area contributed by atoms with Gasteiger partial charge in [-0.15, -0.1) is 0 Å². The second kappa shape index (κ2) is 7.89. The van der Waals surface area contributed by atoms with Crippen LogP contribution in [0, 0.1) is 5.41 Å². The van der Waals surface area contributed by atoms with Crippen LogP contribution in [0.5, 0.6) is 0 Å². The highest BCUT2D eigenvalue weighted by molar-refractivity contribution is 7.48. The van der Waals surface area contributed by atoms with E-state index in [1.54, 1.807) is 27.7 Å². The zero-order valence-corrected chi connectivity index (χ0v) is 19.3. The zero-order valence-electron chi connectivity index (χ0n) is 18.4. The Morgan fingerprint density at radius 1 is 1.31 bits per heavy atom. The van der Waals surface area contributed by atoms with Gasteiger partial charge in [0.05, 0.1) is 12.7 Å². The number of hydrogen-bond acceptors (Lipinski definition) is 10. The standard InChI is InChI=1S/C19H27N2O10P/c1-10(2)28-15(23)11(26-5)7-9-27-32(25)30-14-13-19(14,31-32)18(3,4)16(29-13)21-8-6-12(22)20-17(21)24/h6,8,10-11,13-14,16H,7,9H2,1-5H3,(H,20,22,24)/t11-,13+,14?,16+,19+,32+/m0/s1. The van der Waals surface area contributed by atoms with Crippen LogP contribution in [0.2, 0.25) is 0 Å². The minimum atomic E-state index is -3.93. The summed E-state index contributed by atoms with van der Waals surface area (Å²) in [7, 11) is -2.56. The summed E-state index contributed by atoms with van der Waals surface area (Å²) < 4.78 is 47.3. The van der Waals surface area contributed by atoms with Gasteiger partial charge >= 0.3 is 19.5 Å². The lowest BCUT2D eigenvalue weighted by Gasteiger charge is -2.33. The molecule has 178 valence electrons. The molecule has 6 atom stereocenters. The Kier molecular flexibility index (Phi) is 5.76. The van der Waals surface area contributed by atoms with Gasteiger partial charge in [0.2, 0.25) is 0 Å². The second-order valence-electron chi connectivity index (χ2n) is 8.84. The van der Waals surface area contributed by atoms with Gasteiger partial charge in [-0.05, 0) is 13.8 Å². The first-order valence-corrected chi connectivity index (χ1v) is 11.7. The van der Waals surface area contributed by atoms with Gasteiger partial charge in [-0.1, -0.05) is 13.8 Å². The molecule has 1 aromatic rings. The number of fused-ring (bicyclic) bond motifs is 1. The summed E-state index contributed by atoms with van der Waals surface area (Å²) in [4.78, 5) is 37.8. The predicted molar refractivity (Wildman–Crippen MR) is 108 cm³/mol. The van der Waals surface area contributed by atoms with E-state index in [0.717, 1.165) is 0 Å². The average molecular weight is 474 g/mol. The van der Waals surface area contributed by atoms with E-state index >= 15 is 0 Å². The van der Waals surface area contributed by atoms with Crippen molar-refractivity contribution < 1.29 is 37.1 Å². The number of ether oxygens (including phenoxy) is 3. The number of nitrogens with zero attached hydrogens (tertiary/aromatic N) is 1. The van der Waals surface area contributed by atoms with Crippen molar-refractivity contribution in [2.75, 3.05) is 13.7 Å². The molecule has 2 saturated heterocycles. The second-order valence-corrected chi connectivity index (χ2v) is 10.4. The largest absolute Gasteiger partial charge is 0.476 e.